The molecule has 104 valence electrons. The Hall–Kier alpha value is -2.07. The minimum Gasteiger partial charge on any atom is -0.490 e. The number of halogens is 1. The molecule has 0 bridgehead atoms. The second-order valence-electron chi connectivity index (χ2n) is 4.82. The number of hydrogen-bond acceptors (Lipinski definition) is 3. The maximum atomic E-state index is 13.6. The monoisotopic (exact) mass is 273 g/mol. The zero-order valence-corrected chi connectivity index (χ0v) is 11.0. The van der Waals surface area contributed by atoms with Crippen molar-refractivity contribution in [3.8, 4) is 11.5 Å². The Morgan fingerprint density at radius 3 is 2.85 bits per heavy atom. The molecule has 3 nitrogen and oxygen atoms in total. The van der Waals surface area contributed by atoms with E-state index in [2.05, 4.69) is 0 Å². The van der Waals surface area contributed by atoms with Crippen molar-refractivity contribution in [3.63, 3.8) is 0 Å². The molecule has 2 aromatic carbocycles. The molecule has 1 unspecified atom stereocenters. The summed E-state index contributed by atoms with van der Waals surface area (Å²) in [6, 6.07) is 12.7. The summed E-state index contributed by atoms with van der Waals surface area (Å²) in [5, 5.41) is 0. The highest BCUT2D eigenvalue weighted by Crippen LogP contribution is 2.28. The van der Waals surface area contributed by atoms with E-state index in [1.165, 1.54) is 11.6 Å². The Morgan fingerprint density at radius 2 is 2.10 bits per heavy atom. The number of para-hydroxylation sites is 1. The largest absolute Gasteiger partial charge is 0.490 e. The maximum Gasteiger partial charge on any atom is 0.137 e. The van der Waals surface area contributed by atoms with Gasteiger partial charge < -0.3 is 15.2 Å². The summed E-state index contributed by atoms with van der Waals surface area (Å²) in [6.45, 7) is 0.587. The number of benzene rings is 2. The number of ether oxygens (including phenoxy) is 2. The summed E-state index contributed by atoms with van der Waals surface area (Å²) in [4.78, 5) is 0. The highest BCUT2D eigenvalue weighted by atomic mass is 19.1. The van der Waals surface area contributed by atoms with Crippen molar-refractivity contribution in [3.05, 3.63) is 59.4 Å². The number of nitrogens with two attached hydrogens (primary N) is 1. The molecule has 1 heterocycles. The van der Waals surface area contributed by atoms with E-state index in [0.29, 0.717) is 17.9 Å². The minimum absolute atomic E-state index is 0.0235. The summed E-state index contributed by atoms with van der Waals surface area (Å²) in [6.07, 6.45) is 0.796. The van der Waals surface area contributed by atoms with E-state index in [4.69, 9.17) is 15.2 Å². The fraction of sp³-hybridized carbons (Fsp3) is 0.250. The first-order valence-corrected chi connectivity index (χ1v) is 6.62. The lowest BCUT2D eigenvalue weighted by molar-refractivity contribution is 0.148. The van der Waals surface area contributed by atoms with E-state index in [-0.39, 0.29) is 18.5 Å². The van der Waals surface area contributed by atoms with Crippen LogP contribution in [-0.2, 0) is 13.0 Å². The van der Waals surface area contributed by atoms with E-state index in [1.54, 1.807) is 12.1 Å². The van der Waals surface area contributed by atoms with Crippen LogP contribution in [0.3, 0.4) is 0 Å². The molecule has 0 aliphatic carbocycles. The van der Waals surface area contributed by atoms with E-state index in [9.17, 15) is 4.39 Å². The summed E-state index contributed by atoms with van der Waals surface area (Å²) in [5.74, 6) is 1.07. The third-order valence-electron chi connectivity index (χ3n) is 3.39. The van der Waals surface area contributed by atoms with Crippen LogP contribution in [0.15, 0.2) is 42.5 Å². The molecule has 0 spiro atoms. The molecule has 0 radical (unpaired) electrons. The van der Waals surface area contributed by atoms with E-state index < -0.39 is 0 Å². The average Bonchev–Trinajstić information content (AvgIpc) is 2.88. The van der Waals surface area contributed by atoms with Gasteiger partial charge in [-0.25, -0.2) is 4.39 Å². The molecule has 0 fully saturated rings. The summed E-state index contributed by atoms with van der Waals surface area (Å²) in [5.41, 5.74) is 7.10. The average molecular weight is 273 g/mol. The Balaban J connectivity index is 1.60. The van der Waals surface area contributed by atoms with Gasteiger partial charge in [0.05, 0.1) is 0 Å². The fourth-order valence-corrected chi connectivity index (χ4v) is 2.32. The van der Waals surface area contributed by atoms with Crippen molar-refractivity contribution in [2.24, 2.45) is 5.73 Å². The molecule has 20 heavy (non-hydrogen) atoms. The van der Waals surface area contributed by atoms with Gasteiger partial charge in [0.25, 0.3) is 0 Å². The SMILES string of the molecule is NCc1ccc(OCC2Cc3ccccc3O2)cc1F. The maximum absolute atomic E-state index is 13.6. The standard InChI is InChI=1S/C16H16FNO2/c17-15-8-13(6-5-12(15)9-18)19-10-14-7-11-3-1-2-4-16(11)20-14/h1-6,8,14H,7,9-10,18H2. The Bertz CT molecular complexity index is 590. The van der Waals surface area contributed by atoms with Crippen molar-refractivity contribution < 1.29 is 13.9 Å². The van der Waals surface area contributed by atoms with Crippen LogP contribution in [0.1, 0.15) is 11.1 Å². The molecular formula is C16H16FNO2. The normalized spacial score (nSPS) is 16.6. The van der Waals surface area contributed by atoms with Gasteiger partial charge in [0, 0.05) is 24.6 Å². The predicted octanol–water partition coefficient (Wildman–Crippen LogP) is 2.67. The lowest BCUT2D eigenvalue weighted by Crippen LogP contribution is -2.22. The summed E-state index contributed by atoms with van der Waals surface area (Å²) < 4.78 is 24.9. The van der Waals surface area contributed by atoms with E-state index in [1.807, 2.05) is 24.3 Å². The van der Waals surface area contributed by atoms with Crippen LogP contribution in [0.25, 0.3) is 0 Å². The lowest BCUT2D eigenvalue weighted by Gasteiger charge is -2.13. The lowest BCUT2D eigenvalue weighted by atomic mass is 10.1. The van der Waals surface area contributed by atoms with Gasteiger partial charge >= 0.3 is 0 Å². The molecular weight excluding hydrogens is 257 g/mol. The molecule has 1 aliphatic rings. The van der Waals surface area contributed by atoms with Crippen LogP contribution >= 0.6 is 0 Å². The molecule has 0 amide bonds. The van der Waals surface area contributed by atoms with Crippen LogP contribution in [0.2, 0.25) is 0 Å². The molecule has 1 atom stereocenters. The molecule has 0 saturated carbocycles. The van der Waals surface area contributed by atoms with Crippen molar-refractivity contribution in [1.29, 1.82) is 0 Å². The summed E-state index contributed by atoms with van der Waals surface area (Å²) in [7, 11) is 0. The number of hydrogen-bond donors (Lipinski definition) is 1. The Kier molecular flexibility index (Phi) is 3.56. The molecule has 0 saturated heterocycles. The van der Waals surface area contributed by atoms with E-state index in [0.717, 1.165) is 12.2 Å². The molecule has 2 aromatic rings. The first-order valence-electron chi connectivity index (χ1n) is 6.62. The van der Waals surface area contributed by atoms with Gasteiger partial charge in [0.1, 0.15) is 30.0 Å². The van der Waals surface area contributed by atoms with Crippen LogP contribution in [0.5, 0.6) is 11.5 Å². The van der Waals surface area contributed by atoms with Crippen LogP contribution in [0.4, 0.5) is 4.39 Å². The summed E-state index contributed by atoms with van der Waals surface area (Å²) >= 11 is 0. The van der Waals surface area contributed by atoms with Gasteiger partial charge in [0.2, 0.25) is 0 Å². The second kappa shape index (κ2) is 5.51. The first-order chi connectivity index (χ1) is 9.76. The van der Waals surface area contributed by atoms with Gasteiger partial charge in [-0.2, -0.15) is 0 Å². The minimum atomic E-state index is -0.333. The third-order valence-corrected chi connectivity index (χ3v) is 3.39. The smallest absolute Gasteiger partial charge is 0.137 e. The third kappa shape index (κ3) is 2.60. The van der Waals surface area contributed by atoms with Crippen LogP contribution in [0, 0.1) is 5.82 Å². The molecule has 2 N–H and O–H groups in total. The van der Waals surface area contributed by atoms with Crippen molar-refractivity contribution >= 4 is 0 Å². The topological polar surface area (TPSA) is 44.5 Å². The molecule has 3 rings (SSSR count). The zero-order valence-electron chi connectivity index (χ0n) is 11.0. The highest BCUT2D eigenvalue weighted by Gasteiger charge is 2.22. The Labute approximate surface area is 117 Å². The van der Waals surface area contributed by atoms with Gasteiger partial charge in [-0.3, -0.25) is 0 Å². The van der Waals surface area contributed by atoms with Gasteiger partial charge in [0.15, 0.2) is 0 Å². The molecule has 0 aromatic heterocycles. The fourth-order valence-electron chi connectivity index (χ4n) is 2.32. The quantitative estimate of drug-likeness (QED) is 0.931. The van der Waals surface area contributed by atoms with Gasteiger partial charge in [-0.05, 0) is 17.7 Å². The van der Waals surface area contributed by atoms with E-state index >= 15 is 0 Å². The van der Waals surface area contributed by atoms with Crippen LogP contribution in [-0.4, -0.2) is 12.7 Å². The van der Waals surface area contributed by atoms with Crippen molar-refractivity contribution in [2.45, 2.75) is 19.1 Å². The Morgan fingerprint density at radius 1 is 1.25 bits per heavy atom. The van der Waals surface area contributed by atoms with Gasteiger partial charge in [-0.15, -0.1) is 0 Å². The van der Waals surface area contributed by atoms with Gasteiger partial charge in [-0.1, -0.05) is 24.3 Å². The first kappa shape index (κ1) is 12.9. The van der Waals surface area contributed by atoms with Crippen LogP contribution < -0.4 is 15.2 Å². The number of rotatable bonds is 4. The van der Waals surface area contributed by atoms with Crippen molar-refractivity contribution in [1.82, 2.24) is 0 Å². The van der Waals surface area contributed by atoms with Crippen molar-refractivity contribution in [2.75, 3.05) is 6.61 Å². The molecule has 1 aliphatic heterocycles. The predicted molar refractivity (Wildman–Crippen MR) is 74.3 cm³/mol. The molecule has 4 heteroatoms. The zero-order chi connectivity index (χ0) is 13.9. The second-order valence-corrected chi connectivity index (χ2v) is 4.82. The number of fused-ring (bicyclic) bond motifs is 1. The highest BCUT2D eigenvalue weighted by molar-refractivity contribution is 5.37.